The molecule has 2 heterocycles. The van der Waals surface area contributed by atoms with E-state index in [9.17, 15) is 13.6 Å². The summed E-state index contributed by atoms with van der Waals surface area (Å²) < 4.78 is 33.7. The van der Waals surface area contributed by atoms with Gasteiger partial charge in [0.05, 0.1) is 0 Å². The second-order valence-electron chi connectivity index (χ2n) is 8.27. The zero-order chi connectivity index (χ0) is 22.6. The molecule has 2 unspecified atom stereocenters. The Bertz CT molecular complexity index is 1250. The predicted molar refractivity (Wildman–Crippen MR) is 116 cm³/mol. The van der Waals surface area contributed by atoms with Crippen molar-refractivity contribution in [2.45, 2.75) is 31.6 Å². The molecule has 2 bridgehead atoms. The van der Waals surface area contributed by atoms with E-state index in [1.165, 1.54) is 12.1 Å². The number of hydrogen-bond acceptors (Lipinski definition) is 3. The maximum Gasteiger partial charge on any atom is 0.270 e. The highest BCUT2D eigenvalue weighted by Crippen LogP contribution is 2.54. The van der Waals surface area contributed by atoms with Gasteiger partial charge in [0.1, 0.15) is 18.0 Å². The summed E-state index contributed by atoms with van der Waals surface area (Å²) in [5.41, 5.74) is 10.9. The van der Waals surface area contributed by atoms with Crippen molar-refractivity contribution in [3.05, 3.63) is 105 Å². The Kier molecular flexibility index (Phi) is 4.60. The highest BCUT2D eigenvalue weighted by molar-refractivity contribution is 5.95. The van der Waals surface area contributed by atoms with Gasteiger partial charge >= 0.3 is 0 Å². The Morgan fingerprint density at radius 1 is 0.969 bits per heavy atom. The summed E-state index contributed by atoms with van der Waals surface area (Å²) in [5.74, 6) is -3.17. The summed E-state index contributed by atoms with van der Waals surface area (Å²) in [6, 6.07) is 17.2. The van der Waals surface area contributed by atoms with Crippen LogP contribution in [0, 0.1) is 5.41 Å². The zero-order valence-electron chi connectivity index (χ0n) is 17.3. The molecule has 32 heavy (non-hydrogen) atoms. The lowest BCUT2D eigenvalue weighted by atomic mass is 9.84. The molecule has 0 saturated carbocycles. The number of fused-ring (bicyclic) bond motifs is 8. The van der Waals surface area contributed by atoms with Gasteiger partial charge in [0, 0.05) is 30.2 Å². The third-order valence-corrected chi connectivity index (χ3v) is 6.06. The molecule has 2 aliphatic rings. The molecular weight excluding hydrogens is 412 g/mol. The van der Waals surface area contributed by atoms with Crippen LogP contribution in [0.25, 0.3) is 0 Å². The number of nitrogens with two attached hydrogens (primary N) is 1. The molecule has 3 aromatic rings. The second-order valence-corrected chi connectivity index (χ2v) is 8.27. The van der Waals surface area contributed by atoms with Gasteiger partial charge in [-0.2, -0.15) is 0 Å². The smallest absolute Gasteiger partial charge is 0.270 e. The molecule has 2 aliphatic heterocycles. The number of ether oxygens (including phenoxy) is 1. The average Bonchev–Trinajstić information content (AvgIpc) is 3.34. The van der Waals surface area contributed by atoms with Gasteiger partial charge in [-0.05, 0) is 46.0 Å². The highest BCUT2D eigenvalue weighted by Gasteiger charge is 2.43. The maximum atomic E-state index is 13.8. The van der Waals surface area contributed by atoms with Crippen molar-refractivity contribution in [2.75, 3.05) is 0 Å². The van der Waals surface area contributed by atoms with E-state index in [4.69, 9.17) is 15.9 Å². The van der Waals surface area contributed by atoms with Crippen LogP contribution in [0.5, 0.6) is 0 Å². The lowest BCUT2D eigenvalue weighted by Crippen LogP contribution is -2.23. The maximum absolute atomic E-state index is 13.8. The molecule has 162 valence electrons. The van der Waals surface area contributed by atoms with Gasteiger partial charge in [-0.15, -0.1) is 0 Å². The summed E-state index contributed by atoms with van der Waals surface area (Å²) in [6.45, 7) is 1.21. The third-order valence-electron chi connectivity index (χ3n) is 6.06. The topological polar surface area (TPSA) is 88.2 Å². The SMILES string of the molecule is CC(F)(F)c1ccc2c(c1)C1OC2c2ccc(C(=O)NCc3ccc(C(=N)N)cc3)cc21. The van der Waals surface area contributed by atoms with Crippen LogP contribution in [0.3, 0.4) is 0 Å². The number of rotatable bonds is 5. The Morgan fingerprint density at radius 2 is 1.56 bits per heavy atom. The highest BCUT2D eigenvalue weighted by atomic mass is 19.3. The monoisotopic (exact) mass is 433 g/mol. The molecule has 5 rings (SSSR count). The molecule has 4 N–H and O–H groups in total. The molecule has 2 atom stereocenters. The van der Waals surface area contributed by atoms with Crippen molar-refractivity contribution in [2.24, 2.45) is 5.73 Å². The van der Waals surface area contributed by atoms with Crippen molar-refractivity contribution in [1.82, 2.24) is 5.32 Å². The van der Waals surface area contributed by atoms with Crippen molar-refractivity contribution in [3.63, 3.8) is 0 Å². The van der Waals surface area contributed by atoms with Crippen molar-refractivity contribution in [1.29, 1.82) is 5.41 Å². The number of halogens is 2. The van der Waals surface area contributed by atoms with E-state index < -0.39 is 12.0 Å². The summed E-state index contributed by atoms with van der Waals surface area (Å²) in [5, 5.41) is 10.3. The van der Waals surface area contributed by atoms with Crippen LogP contribution >= 0.6 is 0 Å². The molecule has 0 spiro atoms. The van der Waals surface area contributed by atoms with E-state index in [2.05, 4.69) is 5.32 Å². The number of alkyl halides is 2. The van der Waals surface area contributed by atoms with Gasteiger partial charge in [-0.3, -0.25) is 10.2 Å². The lowest BCUT2D eigenvalue weighted by molar-refractivity contribution is 0.0173. The largest absolute Gasteiger partial charge is 0.384 e. The minimum absolute atomic E-state index is 0.00778. The van der Waals surface area contributed by atoms with Gasteiger partial charge in [0.25, 0.3) is 11.8 Å². The molecule has 0 radical (unpaired) electrons. The fourth-order valence-corrected chi connectivity index (χ4v) is 4.35. The molecule has 3 aromatic carbocycles. The van der Waals surface area contributed by atoms with E-state index in [0.717, 1.165) is 34.7 Å². The molecule has 0 aromatic heterocycles. The number of hydrogen-bond donors (Lipinski definition) is 3. The molecule has 0 fully saturated rings. The van der Waals surface area contributed by atoms with E-state index >= 15 is 0 Å². The van der Waals surface area contributed by atoms with Crippen molar-refractivity contribution in [3.8, 4) is 0 Å². The van der Waals surface area contributed by atoms with Crippen molar-refractivity contribution < 1.29 is 18.3 Å². The molecule has 1 amide bonds. The van der Waals surface area contributed by atoms with Crippen LogP contribution in [0.1, 0.15) is 68.4 Å². The number of carbonyl (C=O) groups excluding carboxylic acids is 1. The number of amidine groups is 1. The Morgan fingerprint density at radius 3 is 2.22 bits per heavy atom. The minimum Gasteiger partial charge on any atom is -0.384 e. The zero-order valence-corrected chi connectivity index (χ0v) is 17.3. The standard InChI is InChI=1S/C25H21F2N3O2/c1-25(26,27)16-7-9-18-20(11-16)22-19-10-15(6-8-17(19)21(18)32-22)24(31)30-12-13-2-4-14(5-3-13)23(28)29/h2-11,21-22H,12H2,1H3,(H3,28,29)(H,30,31). The molecule has 5 nitrogen and oxygen atoms in total. The van der Waals surface area contributed by atoms with Crippen LogP contribution in [-0.4, -0.2) is 11.7 Å². The first-order valence-electron chi connectivity index (χ1n) is 10.3. The lowest BCUT2D eigenvalue weighted by Gasteiger charge is -2.19. The number of carbonyl (C=O) groups is 1. The fourth-order valence-electron chi connectivity index (χ4n) is 4.35. The molecular formula is C25H21F2N3O2. The average molecular weight is 433 g/mol. The molecule has 0 saturated heterocycles. The second kappa shape index (κ2) is 7.24. The number of amides is 1. The quantitative estimate of drug-likeness (QED) is 0.408. The van der Waals surface area contributed by atoms with E-state index in [-0.39, 0.29) is 23.4 Å². The van der Waals surface area contributed by atoms with Gasteiger partial charge < -0.3 is 15.8 Å². The summed E-state index contributed by atoms with van der Waals surface area (Å²) >= 11 is 0. The Hall–Kier alpha value is -3.58. The minimum atomic E-state index is -2.93. The third kappa shape index (κ3) is 3.35. The van der Waals surface area contributed by atoms with Gasteiger partial charge in [0.2, 0.25) is 0 Å². The molecule has 0 aliphatic carbocycles. The van der Waals surface area contributed by atoms with E-state index in [0.29, 0.717) is 17.7 Å². The van der Waals surface area contributed by atoms with Crippen LogP contribution in [-0.2, 0) is 17.2 Å². The first-order chi connectivity index (χ1) is 15.2. The van der Waals surface area contributed by atoms with Crippen molar-refractivity contribution >= 4 is 11.7 Å². The predicted octanol–water partition coefficient (Wildman–Crippen LogP) is 4.53. The number of nitrogen functional groups attached to an aromatic ring is 1. The fraction of sp³-hybridized carbons (Fsp3) is 0.200. The van der Waals surface area contributed by atoms with Crippen LogP contribution in [0.15, 0.2) is 60.7 Å². The number of nitrogens with one attached hydrogen (secondary N) is 2. The number of benzene rings is 3. The normalized spacial score (nSPS) is 18.2. The van der Waals surface area contributed by atoms with E-state index in [1.54, 1.807) is 30.3 Å². The van der Waals surface area contributed by atoms with Crippen LogP contribution < -0.4 is 11.1 Å². The first kappa shape index (κ1) is 20.3. The van der Waals surface area contributed by atoms with Crippen LogP contribution in [0.2, 0.25) is 0 Å². The van der Waals surface area contributed by atoms with Crippen LogP contribution in [0.4, 0.5) is 8.78 Å². The first-order valence-corrected chi connectivity index (χ1v) is 10.3. The molecule has 7 heteroatoms. The summed E-state index contributed by atoms with van der Waals surface area (Å²) in [6.07, 6.45) is -0.736. The Balaban J connectivity index is 1.35. The van der Waals surface area contributed by atoms with Gasteiger partial charge in [-0.1, -0.05) is 42.5 Å². The van der Waals surface area contributed by atoms with E-state index in [1.807, 2.05) is 18.2 Å². The summed E-state index contributed by atoms with van der Waals surface area (Å²) in [4.78, 5) is 12.7. The summed E-state index contributed by atoms with van der Waals surface area (Å²) in [7, 11) is 0. The van der Waals surface area contributed by atoms with Gasteiger partial charge in [-0.25, -0.2) is 8.78 Å². The van der Waals surface area contributed by atoms with Gasteiger partial charge in [0.15, 0.2) is 0 Å². The Labute approximate surface area is 183 Å².